The highest BCUT2D eigenvalue weighted by Gasteiger charge is 2.09. The Morgan fingerprint density at radius 1 is 1.18 bits per heavy atom. The van der Waals surface area contributed by atoms with E-state index in [4.69, 9.17) is 0 Å². The molecular weight excluding hydrogens is 347 g/mol. The summed E-state index contributed by atoms with van der Waals surface area (Å²) >= 11 is 3.40. The Hall–Kier alpha value is -2.14. The fourth-order valence-corrected chi connectivity index (χ4v) is 2.69. The van der Waals surface area contributed by atoms with Gasteiger partial charge in [-0.3, -0.25) is 4.79 Å². The minimum absolute atomic E-state index is 0.163. The molecule has 3 aromatic rings. The van der Waals surface area contributed by atoms with E-state index in [1.54, 1.807) is 6.07 Å². The van der Waals surface area contributed by atoms with Crippen molar-refractivity contribution < 1.29 is 9.18 Å². The number of aromatic amines is 1. The molecule has 1 aromatic heterocycles. The Morgan fingerprint density at radius 3 is 2.86 bits per heavy atom. The zero-order valence-corrected chi connectivity index (χ0v) is 13.3. The molecule has 3 rings (SSSR count). The molecule has 0 bridgehead atoms. The number of carbonyl (C=O) groups excluding carboxylic acids is 1. The topological polar surface area (TPSA) is 44.9 Å². The summed E-state index contributed by atoms with van der Waals surface area (Å²) in [5.41, 5.74) is 2.29. The summed E-state index contributed by atoms with van der Waals surface area (Å²) in [6, 6.07) is 14.0. The van der Waals surface area contributed by atoms with E-state index in [1.165, 1.54) is 12.1 Å². The van der Waals surface area contributed by atoms with Crippen LogP contribution >= 0.6 is 15.9 Å². The molecule has 0 atom stereocenters. The summed E-state index contributed by atoms with van der Waals surface area (Å²) < 4.78 is 14.0. The molecule has 0 aliphatic heterocycles. The highest BCUT2D eigenvalue weighted by Crippen LogP contribution is 2.20. The lowest BCUT2D eigenvalue weighted by atomic mass is 10.1. The van der Waals surface area contributed by atoms with E-state index in [1.807, 2.05) is 30.3 Å². The number of aromatic nitrogens is 1. The van der Waals surface area contributed by atoms with E-state index in [0.29, 0.717) is 18.7 Å². The van der Waals surface area contributed by atoms with E-state index in [9.17, 15) is 9.18 Å². The molecule has 0 radical (unpaired) electrons. The van der Waals surface area contributed by atoms with Crippen molar-refractivity contribution in [1.82, 2.24) is 10.3 Å². The van der Waals surface area contributed by atoms with Crippen LogP contribution in [-0.2, 0) is 6.42 Å². The van der Waals surface area contributed by atoms with Gasteiger partial charge in [-0.1, -0.05) is 34.1 Å². The molecule has 1 amide bonds. The SMILES string of the molecule is O=C(NCCc1cccc(F)c1)c1cc2ccc(Br)cc2[nH]1. The predicted octanol–water partition coefficient (Wildman–Crippen LogP) is 4.04. The second-order valence-electron chi connectivity index (χ2n) is 5.05. The first-order valence-electron chi connectivity index (χ1n) is 6.93. The fraction of sp³-hybridized carbons (Fsp3) is 0.118. The summed E-state index contributed by atoms with van der Waals surface area (Å²) in [5, 5.41) is 3.82. The molecule has 112 valence electrons. The Labute approximate surface area is 135 Å². The minimum atomic E-state index is -0.259. The fourth-order valence-electron chi connectivity index (χ4n) is 2.33. The van der Waals surface area contributed by atoms with E-state index in [2.05, 4.69) is 26.2 Å². The number of H-pyrrole nitrogens is 1. The summed E-state index contributed by atoms with van der Waals surface area (Å²) in [5.74, 6) is -0.422. The van der Waals surface area contributed by atoms with Gasteiger partial charge in [0.1, 0.15) is 11.5 Å². The van der Waals surface area contributed by atoms with Gasteiger partial charge in [0.2, 0.25) is 0 Å². The van der Waals surface area contributed by atoms with Gasteiger partial charge in [-0.15, -0.1) is 0 Å². The minimum Gasteiger partial charge on any atom is -0.350 e. The molecule has 0 saturated carbocycles. The third-order valence-corrected chi connectivity index (χ3v) is 3.91. The summed E-state index contributed by atoms with van der Waals surface area (Å²) in [6.07, 6.45) is 0.593. The van der Waals surface area contributed by atoms with Gasteiger partial charge < -0.3 is 10.3 Å². The molecule has 0 aliphatic rings. The number of fused-ring (bicyclic) bond motifs is 1. The molecule has 5 heteroatoms. The van der Waals surface area contributed by atoms with E-state index >= 15 is 0 Å². The van der Waals surface area contributed by atoms with Crippen LogP contribution in [0.15, 0.2) is 53.0 Å². The standard InChI is InChI=1S/C17H14BrFN2O/c18-13-5-4-12-9-16(21-15(12)10-13)17(22)20-7-6-11-2-1-3-14(19)8-11/h1-5,8-10,21H,6-7H2,(H,20,22). The van der Waals surface area contributed by atoms with Crippen LogP contribution in [0.1, 0.15) is 16.1 Å². The Morgan fingerprint density at radius 2 is 2.05 bits per heavy atom. The maximum atomic E-state index is 13.1. The van der Waals surface area contributed by atoms with Gasteiger partial charge in [0.25, 0.3) is 5.91 Å². The van der Waals surface area contributed by atoms with Crippen LogP contribution in [0.4, 0.5) is 4.39 Å². The van der Waals surface area contributed by atoms with Crippen LogP contribution in [0.2, 0.25) is 0 Å². The zero-order valence-electron chi connectivity index (χ0n) is 11.7. The summed E-state index contributed by atoms with van der Waals surface area (Å²) in [4.78, 5) is 15.2. The monoisotopic (exact) mass is 360 g/mol. The maximum absolute atomic E-state index is 13.1. The number of carbonyl (C=O) groups is 1. The van der Waals surface area contributed by atoms with Crippen molar-refractivity contribution in [1.29, 1.82) is 0 Å². The number of halogens is 2. The van der Waals surface area contributed by atoms with Gasteiger partial charge in [0, 0.05) is 21.9 Å². The second-order valence-corrected chi connectivity index (χ2v) is 5.97. The Bertz CT molecular complexity index is 828. The van der Waals surface area contributed by atoms with E-state index < -0.39 is 0 Å². The van der Waals surface area contributed by atoms with Crippen LogP contribution < -0.4 is 5.32 Å². The first-order chi connectivity index (χ1) is 10.6. The van der Waals surface area contributed by atoms with Gasteiger partial charge in [0.05, 0.1) is 0 Å². The highest BCUT2D eigenvalue weighted by molar-refractivity contribution is 9.10. The van der Waals surface area contributed by atoms with Gasteiger partial charge in [0.15, 0.2) is 0 Å². The number of benzene rings is 2. The number of hydrogen-bond donors (Lipinski definition) is 2. The van der Waals surface area contributed by atoms with Crippen molar-refractivity contribution in [3.05, 3.63) is 70.1 Å². The quantitative estimate of drug-likeness (QED) is 0.724. The van der Waals surface area contributed by atoms with Crippen molar-refractivity contribution in [3.63, 3.8) is 0 Å². The predicted molar refractivity (Wildman–Crippen MR) is 88.4 cm³/mol. The Kier molecular flexibility index (Phi) is 4.24. The first-order valence-corrected chi connectivity index (χ1v) is 7.72. The summed E-state index contributed by atoms with van der Waals surface area (Å²) in [6.45, 7) is 0.460. The third-order valence-electron chi connectivity index (χ3n) is 3.42. The normalized spacial score (nSPS) is 10.8. The summed E-state index contributed by atoms with van der Waals surface area (Å²) in [7, 11) is 0. The largest absolute Gasteiger partial charge is 0.350 e. The number of rotatable bonds is 4. The molecule has 1 heterocycles. The van der Waals surface area contributed by atoms with Crippen LogP contribution in [0.3, 0.4) is 0 Å². The molecule has 3 nitrogen and oxygen atoms in total. The molecule has 0 aliphatic carbocycles. The van der Waals surface area contributed by atoms with Crippen LogP contribution in [-0.4, -0.2) is 17.4 Å². The van der Waals surface area contributed by atoms with Gasteiger partial charge in [-0.05, 0) is 42.3 Å². The van der Waals surface area contributed by atoms with Crippen molar-refractivity contribution in [2.24, 2.45) is 0 Å². The number of hydrogen-bond acceptors (Lipinski definition) is 1. The molecule has 22 heavy (non-hydrogen) atoms. The average molecular weight is 361 g/mol. The van der Waals surface area contributed by atoms with Gasteiger partial charge in [-0.2, -0.15) is 0 Å². The number of amides is 1. The van der Waals surface area contributed by atoms with E-state index in [0.717, 1.165) is 20.9 Å². The molecule has 0 spiro atoms. The molecule has 0 unspecified atom stereocenters. The smallest absolute Gasteiger partial charge is 0.267 e. The van der Waals surface area contributed by atoms with Crippen molar-refractivity contribution in [3.8, 4) is 0 Å². The maximum Gasteiger partial charge on any atom is 0.267 e. The van der Waals surface area contributed by atoms with Crippen molar-refractivity contribution in [2.75, 3.05) is 6.54 Å². The third kappa shape index (κ3) is 3.36. The van der Waals surface area contributed by atoms with Crippen LogP contribution in [0, 0.1) is 5.82 Å². The zero-order chi connectivity index (χ0) is 15.5. The molecule has 0 fully saturated rings. The van der Waals surface area contributed by atoms with Crippen molar-refractivity contribution in [2.45, 2.75) is 6.42 Å². The van der Waals surface area contributed by atoms with E-state index in [-0.39, 0.29) is 11.7 Å². The highest BCUT2D eigenvalue weighted by atomic mass is 79.9. The molecule has 2 N–H and O–H groups in total. The van der Waals surface area contributed by atoms with Gasteiger partial charge >= 0.3 is 0 Å². The molecular formula is C17H14BrFN2O. The Balaban J connectivity index is 1.63. The lowest BCUT2D eigenvalue weighted by Crippen LogP contribution is -2.25. The van der Waals surface area contributed by atoms with Gasteiger partial charge in [-0.25, -0.2) is 4.39 Å². The average Bonchev–Trinajstić information content (AvgIpc) is 2.90. The van der Waals surface area contributed by atoms with Crippen LogP contribution in [0.25, 0.3) is 10.9 Å². The van der Waals surface area contributed by atoms with Crippen molar-refractivity contribution >= 4 is 32.7 Å². The molecule has 0 saturated heterocycles. The lowest BCUT2D eigenvalue weighted by molar-refractivity contribution is 0.0950. The second kappa shape index (κ2) is 6.32. The first kappa shape index (κ1) is 14.8. The lowest BCUT2D eigenvalue weighted by Gasteiger charge is -2.04. The number of nitrogens with one attached hydrogen (secondary N) is 2. The van der Waals surface area contributed by atoms with Crippen LogP contribution in [0.5, 0.6) is 0 Å². The molecule has 2 aromatic carbocycles.